The van der Waals surface area contributed by atoms with E-state index in [4.69, 9.17) is 27.6 Å². The van der Waals surface area contributed by atoms with Crippen molar-refractivity contribution in [3.8, 4) is 11.3 Å². The van der Waals surface area contributed by atoms with Gasteiger partial charge in [-0.05, 0) is 42.5 Å². The van der Waals surface area contributed by atoms with Gasteiger partial charge in [-0.2, -0.15) is 5.10 Å². The lowest BCUT2D eigenvalue weighted by molar-refractivity contribution is -0.384. The molecular weight excluding hydrogens is 365 g/mol. The van der Waals surface area contributed by atoms with Crippen molar-refractivity contribution in [1.82, 2.24) is 0 Å². The number of nitrogens with one attached hydrogen (secondary N) is 1. The lowest BCUT2D eigenvalue weighted by atomic mass is 10.2. The zero-order chi connectivity index (χ0) is 17.8. The second-order valence-electron chi connectivity index (χ2n) is 5.00. The Morgan fingerprint density at radius 3 is 2.52 bits per heavy atom. The minimum absolute atomic E-state index is 0.0186. The highest BCUT2D eigenvalue weighted by Gasteiger charge is 2.08. The molecular formula is C17H11Cl2N3O3. The van der Waals surface area contributed by atoms with Crippen LogP contribution < -0.4 is 5.43 Å². The van der Waals surface area contributed by atoms with E-state index in [1.165, 1.54) is 18.3 Å². The number of hydrogen-bond donors (Lipinski definition) is 1. The van der Waals surface area contributed by atoms with Crippen molar-refractivity contribution < 1.29 is 9.34 Å². The number of hydrogen-bond acceptors (Lipinski definition) is 5. The number of furan rings is 1. The van der Waals surface area contributed by atoms with Gasteiger partial charge in [0.05, 0.1) is 21.8 Å². The molecule has 6 nitrogen and oxygen atoms in total. The van der Waals surface area contributed by atoms with Crippen LogP contribution in [0.1, 0.15) is 5.76 Å². The van der Waals surface area contributed by atoms with Gasteiger partial charge in [-0.15, -0.1) is 0 Å². The van der Waals surface area contributed by atoms with Crippen molar-refractivity contribution in [2.75, 3.05) is 5.43 Å². The molecule has 2 aromatic carbocycles. The third-order valence-corrected chi connectivity index (χ3v) is 3.83. The van der Waals surface area contributed by atoms with Crippen LogP contribution in [-0.2, 0) is 0 Å². The average Bonchev–Trinajstić information content (AvgIpc) is 3.04. The molecule has 1 aromatic heterocycles. The Balaban J connectivity index is 1.68. The van der Waals surface area contributed by atoms with Gasteiger partial charge in [0.15, 0.2) is 0 Å². The van der Waals surface area contributed by atoms with Crippen LogP contribution in [0.5, 0.6) is 0 Å². The summed E-state index contributed by atoms with van der Waals surface area (Å²) in [5, 5.41) is 15.7. The lowest BCUT2D eigenvalue weighted by Crippen LogP contribution is -1.91. The van der Waals surface area contributed by atoms with Gasteiger partial charge in [-0.1, -0.05) is 23.2 Å². The Labute approximate surface area is 152 Å². The molecule has 3 rings (SSSR count). The van der Waals surface area contributed by atoms with E-state index >= 15 is 0 Å². The first-order valence-electron chi connectivity index (χ1n) is 7.12. The summed E-state index contributed by atoms with van der Waals surface area (Å²) in [5.74, 6) is 1.12. The monoisotopic (exact) mass is 375 g/mol. The van der Waals surface area contributed by atoms with Crippen molar-refractivity contribution in [1.29, 1.82) is 0 Å². The minimum atomic E-state index is -0.459. The first kappa shape index (κ1) is 17.0. The second-order valence-corrected chi connectivity index (χ2v) is 5.84. The molecule has 0 fully saturated rings. The van der Waals surface area contributed by atoms with Crippen LogP contribution in [-0.4, -0.2) is 11.1 Å². The van der Waals surface area contributed by atoms with Crippen molar-refractivity contribution in [2.45, 2.75) is 0 Å². The first-order valence-corrected chi connectivity index (χ1v) is 7.87. The number of nitro benzene ring substituents is 1. The molecule has 1 N–H and O–H groups in total. The summed E-state index contributed by atoms with van der Waals surface area (Å²) in [4.78, 5) is 10.1. The molecule has 0 bridgehead atoms. The second kappa shape index (κ2) is 7.38. The number of hydrazone groups is 1. The number of nitrogens with zero attached hydrogens (tertiary/aromatic N) is 2. The molecule has 0 aliphatic carbocycles. The van der Waals surface area contributed by atoms with Gasteiger partial charge in [0.2, 0.25) is 0 Å². The van der Waals surface area contributed by atoms with Gasteiger partial charge in [0.25, 0.3) is 5.69 Å². The number of benzene rings is 2. The van der Waals surface area contributed by atoms with Crippen LogP contribution in [0.15, 0.2) is 64.1 Å². The van der Waals surface area contributed by atoms with Gasteiger partial charge < -0.3 is 4.42 Å². The summed E-state index contributed by atoms with van der Waals surface area (Å²) in [6.45, 7) is 0. The smallest absolute Gasteiger partial charge is 0.269 e. The van der Waals surface area contributed by atoms with Crippen LogP contribution in [0.2, 0.25) is 10.0 Å². The molecule has 1 heterocycles. The standard InChI is InChI=1S/C17H11Cl2N3O3/c18-11-1-7-15(16(19)9-11)17-8-6-14(25-17)10-20-21-12-2-4-13(5-3-12)22(23)24/h1-10,21H/b20-10-. The molecule has 0 amide bonds. The first-order chi connectivity index (χ1) is 12.0. The van der Waals surface area contributed by atoms with Gasteiger partial charge in [0, 0.05) is 22.7 Å². The maximum atomic E-state index is 10.6. The number of halogens is 2. The lowest BCUT2D eigenvalue weighted by Gasteiger charge is -2.01. The molecule has 0 radical (unpaired) electrons. The fourth-order valence-corrected chi connectivity index (χ4v) is 2.59. The van der Waals surface area contributed by atoms with Crippen LogP contribution >= 0.6 is 23.2 Å². The van der Waals surface area contributed by atoms with Crippen molar-refractivity contribution >= 4 is 40.8 Å². The molecule has 0 aliphatic rings. The number of rotatable bonds is 5. The van der Waals surface area contributed by atoms with Crippen LogP contribution in [0.4, 0.5) is 11.4 Å². The molecule has 0 saturated heterocycles. The molecule has 25 heavy (non-hydrogen) atoms. The van der Waals surface area contributed by atoms with Crippen molar-refractivity contribution in [2.24, 2.45) is 5.10 Å². The van der Waals surface area contributed by atoms with E-state index in [0.717, 1.165) is 5.56 Å². The van der Waals surface area contributed by atoms with E-state index in [2.05, 4.69) is 10.5 Å². The number of nitro groups is 1. The normalized spacial score (nSPS) is 11.0. The zero-order valence-electron chi connectivity index (χ0n) is 12.6. The molecule has 0 aliphatic heterocycles. The summed E-state index contributed by atoms with van der Waals surface area (Å²) in [5.41, 5.74) is 4.14. The maximum absolute atomic E-state index is 10.6. The van der Waals surface area contributed by atoms with Crippen molar-refractivity contribution in [3.63, 3.8) is 0 Å². The Kier molecular flexibility index (Phi) is 5.02. The topological polar surface area (TPSA) is 80.7 Å². The predicted octanol–water partition coefficient (Wildman–Crippen LogP) is 5.61. The van der Waals surface area contributed by atoms with E-state index in [9.17, 15) is 10.1 Å². The Bertz CT molecular complexity index is 937. The molecule has 8 heteroatoms. The van der Waals surface area contributed by atoms with E-state index in [1.54, 1.807) is 42.5 Å². The van der Waals surface area contributed by atoms with Gasteiger partial charge in [0.1, 0.15) is 11.5 Å². The van der Waals surface area contributed by atoms with E-state index < -0.39 is 4.92 Å². The van der Waals surface area contributed by atoms with Crippen LogP contribution in [0.3, 0.4) is 0 Å². The summed E-state index contributed by atoms with van der Waals surface area (Å²) < 4.78 is 5.67. The van der Waals surface area contributed by atoms with Crippen molar-refractivity contribution in [3.05, 3.63) is 80.5 Å². The molecule has 0 saturated carbocycles. The fourth-order valence-electron chi connectivity index (χ4n) is 2.08. The van der Waals surface area contributed by atoms with E-state index in [-0.39, 0.29) is 5.69 Å². The van der Waals surface area contributed by atoms with E-state index in [0.29, 0.717) is 27.3 Å². The fraction of sp³-hybridized carbons (Fsp3) is 0. The number of non-ortho nitro benzene ring substituents is 1. The van der Waals surface area contributed by atoms with Gasteiger partial charge >= 0.3 is 0 Å². The summed E-state index contributed by atoms with van der Waals surface area (Å²) >= 11 is 12.0. The summed E-state index contributed by atoms with van der Waals surface area (Å²) in [6.07, 6.45) is 1.49. The molecule has 126 valence electrons. The zero-order valence-corrected chi connectivity index (χ0v) is 14.2. The molecule has 0 unspecified atom stereocenters. The van der Waals surface area contributed by atoms with Gasteiger partial charge in [-0.25, -0.2) is 0 Å². The minimum Gasteiger partial charge on any atom is -0.455 e. The highest BCUT2D eigenvalue weighted by atomic mass is 35.5. The Morgan fingerprint density at radius 2 is 1.84 bits per heavy atom. The summed E-state index contributed by atoms with van der Waals surface area (Å²) in [7, 11) is 0. The van der Waals surface area contributed by atoms with Gasteiger partial charge in [-0.3, -0.25) is 15.5 Å². The van der Waals surface area contributed by atoms with Crippen LogP contribution in [0, 0.1) is 10.1 Å². The summed E-state index contributed by atoms with van der Waals surface area (Å²) in [6, 6.07) is 14.6. The molecule has 0 atom stereocenters. The Morgan fingerprint density at radius 1 is 1.08 bits per heavy atom. The molecule has 0 spiro atoms. The quantitative estimate of drug-likeness (QED) is 0.357. The third kappa shape index (κ3) is 4.17. The molecule has 3 aromatic rings. The number of anilines is 1. The average molecular weight is 376 g/mol. The third-order valence-electron chi connectivity index (χ3n) is 3.29. The SMILES string of the molecule is O=[N+]([O-])c1ccc(N/N=C\c2ccc(-c3ccc(Cl)cc3Cl)o2)cc1. The Hall–Kier alpha value is -2.83. The van der Waals surface area contributed by atoms with Crippen LogP contribution in [0.25, 0.3) is 11.3 Å². The highest BCUT2D eigenvalue weighted by molar-refractivity contribution is 6.36. The van der Waals surface area contributed by atoms with E-state index in [1.807, 2.05) is 0 Å². The predicted molar refractivity (Wildman–Crippen MR) is 98.5 cm³/mol. The largest absolute Gasteiger partial charge is 0.455 e. The highest BCUT2D eigenvalue weighted by Crippen LogP contribution is 2.31. The maximum Gasteiger partial charge on any atom is 0.269 e.